The Labute approximate surface area is 207 Å². The fourth-order valence-corrected chi connectivity index (χ4v) is 5.03. The molecule has 5 N–H and O–H groups in total. The van der Waals surface area contributed by atoms with Gasteiger partial charge in [-0.05, 0) is 55.6 Å². The largest absolute Gasteiger partial charge is 0.399 e. The van der Waals surface area contributed by atoms with Crippen molar-refractivity contribution in [3.63, 3.8) is 0 Å². The van der Waals surface area contributed by atoms with Crippen LogP contribution in [0.2, 0.25) is 0 Å². The lowest BCUT2D eigenvalue weighted by Crippen LogP contribution is -2.36. The molecule has 35 heavy (non-hydrogen) atoms. The fourth-order valence-electron chi connectivity index (χ4n) is 4.25. The van der Waals surface area contributed by atoms with E-state index >= 15 is 0 Å². The second-order valence-corrected chi connectivity index (χ2v) is 9.54. The molecule has 10 heteroatoms. The van der Waals surface area contributed by atoms with E-state index in [0.29, 0.717) is 36.1 Å². The first-order valence-electron chi connectivity index (χ1n) is 11.6. The van der Waals surface area contributed by atoms with Crippen LogP contribution in [0.5, 0.6) is 0 Å². The van der Waals surface area contributed by atoms with E-state index in [1.54, 1.807) is 23.8 Å². The molecule has 5 rings (SSSR count). The SMILES string of the molecule is NCC1CCN(c2ccc(N)cc2NC(=O)c2csc(-c3cnn(Cc4ccccn4)c3)n2)CC1. The van der Waals surface area contributed by atoms with Crippen molar-refractivity contribution in [3.8, 4) is 10.6 Å². The summed E-state index contributed by atoms with van der Waals surface area (Å²) in [6.07, 6.45) is 7.51. The molecule has 1 aromatic carbocycles. The van der Waals surface area contributed by atoms with Gasteiger partial charge in [0.1, 0.15) is 10.7 Å². The molecule has 1 aliphatic heterocycles. The first-order chi connectivity index (χ1) is 17.1. The molecule has 1 aliphatic rings. The quantitative estimate of drug-likeness (QED) is 0.340. The lowest BCUT2D eigenvalue weighted by Gasteiger charge is -2.34. The zero-order valence-corrected chi connectivity index (χ0v) is 20.1. The van der Waals surface area contributed by atoms with Crippen molar-refractivity contribution >= 4 is 34.3 Å². The maximum Gasteiger partial charge on any atom is 0.275 e. The zero-order valence-electron chi connectivity index (χ0n) is 19.3. The second-order valence-electron chi connectivity index (χ2n) is 8.68. The van der Waals surface area contributed by atoms with Gasteiger partial charge in [0.2, 0.25) is 0 Å². The Hall–Kier alpha value is -3.76. The highest BCUT2D eigenvalue weighted by molar-refractivity contribution is 7.13. The standard InChI is InChI=1S/C25H28N8OS/c26-12-17-6-9-32(10-7-17)23-5-4-19(27)11-21(23)30-24(34)22-16-35-25(31-22)18-13-29-33(14-18)15-20-3-1-2-8-28-20/h1-5,8,11,13-14,16-17H,6-7,9-10,12,15,26-27H2,(H,30,34). The molecule has 0 saturated carbocycles. The number of nitrogen functional groups attached to an aromatic ring is 1. The van der Waals surface area contributed by atoms with E-state index in [1.807, 2.05) is 41.2 Å². The maximum absolute atomic E-state index is 13.1. The summed E-state index contributed by atoms with van der Waals surface area (Å²) in [4.78, 5) is 24.3. The number of carbonyl (C=O) groups excluding carboxylic acids is 1. The van der Waals surface area contributed by atoms with Crippen LogP contribution in [0, 0.1) is 5.92 Å². The molecular weight excluding hydrogens is 460 g/mol. The van der Waals surface area contributed by atoms with Crippen molar-refractivity contribution in [2.24, 2.45) is 11.7 Å². The summed E-state index contributed by atoms with van der Waals surface area (Å²) in [6, 6.07) is 11.4. The summed E-state index contributed by atoms with van der Waals surface area (Å²) < 4.78 is 1.81. The number of nitrogens with zero attached hydrogens (tertiary/aromatic N) is 5. The van der Waals surface area contributed by atoms with Crippen LogP contribution in [-0.2, 0) is 6.54 Å². The summed E-state index contributed by atoms with van der Waals surface area (Å²) in [6.45, 7) is 3.09. The van der Waals surface area contributed by atoms with Gasteiger partial charge in [0.25, 0.3) is 5.91 Å². The molecule has 9 nitrogen and oxygen atoms in total. The molecule has 180 valence electrons. The zero-order chi connectivity index (χ0) is 24.2. The molecule has 4 heterocycles. The molecule has 0 unspecified atom stereocenters. The fraction of sp³-hybridized carbons (Fsp3) is 0.280. The van der Waals surface area contributed by atoms with Crippen LogP contribution < -0.4 is 21.7 Å². The molecule has 1 saturated heterocycles. The van der Waals surface area contributed by atoms with Gasteiger partial charge in [0.15, 0.2) is 0 Å². The van der Waals surface area contributed by atoms with Crippen LogP contribution >= 0.6 is 11.3 Å². The van der Waals surface area contributed by atoms with Crippen molar-refractivity contribution < 1.29 is 4.79 Å². The van der Waals surface area contributed by atoms with E-state index in [4.69, 9.17) is 11.5 Å². The van der Waals surface area contributed by atoms with Gasteiger partial charge in [-0.1, -0.05) is 6.07 Å². The first kappa shape index (κ1) is 23.0. The Morgan fingerprint density at radius 2 is 2.06 bits per heavy atom. The van der Waals surface area contributed by atoms with E-state index in [-0.39, 0.29) is 5.91 Å². The molecule has 0 bridgehead atoms. The Balaban J connectivity index is 1.29. The van der Waals surface area contributed by atoms with Gasteiger partial charge in [-0.25, -0.2) is 4.98 Å². The van der Waals surface area contributed by atoms with E-state index in [2.05, 4.69) is 25.3 Å². The average Bonchev–Trinajstić information content (AvgIpc) is 3.55. The van der Waals surface area contributed by atoms with E-state index in [9.17, 15) is 4.79 Å². The van der Waals surface area contributed by atoms with Crippen molar-refractivity contribution in [2.75, 3.05) is 35.6 Å². The second kappa shape index (κ2) is 10.2. The van der Waals surface area contributed by atoms with Crippen molar-refractivity contribution in [2.45, 2.75) is 19.4 Å². The summed E-state index contributed by atoms with van der Waals surface area (Å²) in [5.74, 6) is 0.289. The normalized spacial score (nSPS) is 14.3. The minimum atomic E-state index is -0.267. The highest BCUT2D eigenvalue weighted by Crippen LogP contribution is 2.32. The minimum Gasteiger partial charge on any atom is -0.399 e. The summed E-state index contributed by atoms with van der Waals surface area (Å²) in [7, 11) is 0. The lowest BCUT2D eigenvalue weighted by molar-refractivity contribution is 0.102. The number of nitrogens with one attached hydrogen (secondary N) is 1. The molecular formula is C25H28N8OS. The third-order valence-corrected chi connectivity index (χ3v) is 7.12. The molecule has 3 aromatic heterocycles. The predicted octanol–water partition coefficient (Wildman–Crippen LogP) is 3.46. The highest BCUT2D eigenvalue weighted by atomic mass is 32.1. The number of thiazole rings is 1. The van der Waals surface area contributed by atoms with Crippen LogP contribution in [0.15, 0.2) is 60.4 Å². The van der Waals surface area contributed by atoms with Crippen molar-refractivity contribution in [1.82, 2.24) is 19.7 Å². The monoisotopic (exact) mass is 488 g/mol. The average molecular weight is 489 g/mol. The number of carbonyl (C=O) groups is 1. The van der Waals surface area contributed by atoms with E-state index in [0.717, 1.165) is 47.9 Å². The van der Waals surface area contributed by atoms with Gasteiger partial charge in [-0.15, -0.1) is 11.3 Å². The Morgan fingerprint density at radius 1 is 1.20 bits per heavy atom. The molecule has 0 spiro atoms. The molecule has 1 fully saturated rings. The number of rotatable bonds is 7. The van der Waals surface area contributed by atoms with Crippen LogP contribution in [-0.4, -0.2) is 45.3 Å². The van der Waals surface area contributed by atoms with Crippen molar-refractivity contribution in [3.05, 3.63) is 71.8 Å². The van der Waals surface area contributed by atoms with Crippen LogP contribution in [0.1, 0.15) is 29.0 Å². The number of anilines is 3. The van der Waals surface area contributed by atoms with Gasteiger partial charge >= 0.3 is 0 Å². The first-order valence-corrected chi connectivity index (χ1v) is 12.5. The highest BCUT2D eigenvalue weighted by Gasteiger charge is 2.22. The van der Waals surface area contributed by atoms with Crippen LogP contribution in [0.25, 0.3) is 10.6 Å². The number of hydrogen-bond acceptors (Lipinski definition) is 8. The summed E-state index contributed by atoms with van der Waals surface area (Å²) in [5.41, 5.74) is 16.3. The summed E-state index contributed by atoms with van der Waals surface area (Å²) in [5, 5.41) is 9.93. The molecule has 1 amide bonds. The lowest BCUT2D eigenvalue weighted by atomic mass is 9.96. The molecule has 0 atom stereocenters. The number of hydrogen-bond donors (Lipinski definition) is 3. The summed E-state index contributed by atoms with van der Waals surface area (Å²) >= 11 is 1.41. The number of pyridine rings is 1. The minimum absolute atomic E-state index is 0.267. The van der Waals surface area contributed by atoms with Gasteiger partial charge in [-0.2, -0.15) is 5.10 Å². The smallest absolute Gasteiger partial charge is 0.275 e. The number of piperidine rings is 1. The van der Waals surface area contributed by atoms with Crippen molar-refractivity contribution in [1.29, 1.82) is 0 Å². The van der Waals surface area contributed by atoms with Crippen LogP contribution in [0.3, 0.4) is 0 Å². The van der Waals surface area contributed by atoms with Gasteiger partial charge < -0.3 is 21.7 Å². The third kappa shape index (κ3) is 5.33. The van der Waals surface area contributed by atoms with Gasteiger partial charge in [-0.3, -0.25) is 14.5 Å². The van der Waals surface area contributed by atoms with Gasteiger partial charge in [0.05, 0.1) is 29.8 Å². The molecule has 0 aliphatic carbocycles. The van der Waals surface area contributed by atoms with Gasteiger partial charge in [0, 0.05) is 42.1 Å². The number of benzene rings is 1. The molecule has 4 aromatic rings. The third-order valence-electron chi connectivity index (χ3n) is 6.22. The van der Waals surface area contributed by atoms with E-state index in [1.165, 1.54) is 11.3 Å². The Morgan fingerprint density at radius 3 is 2.83 bits per heavy atom. The Bertz CT molecular complexity index is 1290. The maximum atomic E-state index is 13.1. The predicted molar refractivity (Wildman–Crippen MR) is 139 cm³/mol. The number of amides is 1. The van der Waals surface area contributed by atoms with Crippen LogP contribution in [0.4, 0.5) is 17.1 Å². The van der Waals surface area contributed by atoms with E-state index < -0.39 is 0 Å². The number of aromatic nitrogens is 4. The number of nitrogens with two attached hydrogens (primary N) is 2. The Kier molecular flexibility index (Phi) is 6.73. The topological polar surface area (TPSA) is 128 Å². The molecule has 0 radical (unpaired) electrons.